The summed E-state index contributed by atoms with van der Waals surface area (Å²) in [5.74, 6) is -1.08. The molecule has 0 aliphatic carbocycles. The van der Waals surface area contributed by atoms with Gasteiger partial charge >= 0.3 is 0 Å². The molecule has 1 amide bonds. The lowest BCUT2D eigenvalue weighted by Crippen LogP contribution is -2.15. The fourth-order valence-electron chi connectivity index (χ4n) is 1.73. The predicted molar refractivity (Wildman–Crippen MR) is 77.6 cm³/mol. The summed E-state index contributed by atoms with van der Waals surface area (Å²) in [6.07, 6.45) is 0. The topological polar surface area (TPSA) is 55.1 Å². The first-order chi connectivity index (χ1) is 8.97. The molecule has 0 aromatic heterocycles. The molecule has 0 radical (unpaired) electrons. The van der Waals surface area contributed by atoms with Gasteiger partial charge in [-0.15, -0.1) is 0 Å². The molecule has 0 saturated heterocycles. The van der Waals surface area contributed by atoms with Crippen LogP contribution in [0.4, 0.5) is 15.8 Å². The predicted octanol–water partition coefficient (Wildman–Crippen LogP) is 3.73. The molecule has 98 valence electrons. The van der Waals surface area contributed by atoms with Crippen LogP contribution in [0.15, 0.2) is 40.9 Å². The standard InChI is InChI=1S/C14H12BrFN2O/c1-8-5-10(17)7-12(13(8)16)14(19)18-11-4-2-3-9(15)6-11/h2-7H,17H2,1H3,(H,18,19). The lowest BCUT2D eigenvalue weighted by Gasteiger charge is -2.09. The van der Waals surface area contributed by atoms with Crippen molar-refractivity contribution in [2.75, 3.05) is 11.1 Å². The number of nitrogen functional groups attached to an aromatic ring is 1. The van der Waals surface area contributed by atoms with E-state index < -0.39 is 11.7 Å². The van der Waals surface area contributed by atoms with Crippen molar-refractivity contribution in [1.29, 1.82) is 0 Å². The quantitative estimate of drug-likeness (QED) is 0.828. The van der Waals surface area contributed by atoms with E-state index in [1.807, 2.05) is 6.07 Å². The zero-order valence-electron chi connectivity index (χ0n) is 10.2. The molecule has 0 heterocycles. The summed E-state index contributed by atoms with van der Waals surface area (Å²) in [6, 6.07) is 9.89. The summed E-state index contributed by atoms with van der Waals surface area (Å²) in [5, 5.41) is 2.63. The number of anilines is 2. The second kappa shape index (κ2) is 5.40. The number of halogens is 2. The molecule has 2 rings (SSSR count). The normalized spacial score (nSPS) is 10.3. The van der Waals surface area contributed by atoms with Crippen molar-refractivity contribution >= 4 is 33.2 Å². The lowest BCUT2D eigenvalue weighted by atomic mass is 10.1. The zero-order valence-corrected chi connectivity index (χ0v) is 11.8. The SMILES string of the molecule is Cc1cc(N)cc(C(=O)Nc2cccc(Br)c2)c1F. The number of amides is 1. The van der Waals surface area contributed by atoms with Crippen molar-refractivity contribution in [3.05, 3.63) is 57.8 Å². The van der Waals surface area contributed by atoms with E-state index in [1.165, 1.54) is 12.1 Å². The maximum atomic E-state index is 13.9. The Labute approximate surface area is 118 Å². The number of carbonyl (C=O) groups is 1. The third kappa shape index (κ3) is 3.12. The van der Waals surface area contributed by atoms with E-state index >= 15 is 0 Å². The lowest BCUT2D eigenvalue weighted by molar-refractivity contribution is 0.102. The van der Waals surface area contributed by atoms with Gasteiger partial charge in [0.2, 0.25) is 0 Å². The van der Waals surface area contributed by atoms with Gasteiger partial charge in [0.05, 0.1) is 5.56 Å². The molecule has 5 heteroatoms. The number of rotatable bonds is 2. The Hall–Kier alpha value is -1.88. The van der Waals surface area contributed by atoms with Crippen molar-refractivity contribution < 1.29 is 9.18 Å². The molecule has 3 nitrogen and oxygen atoms in total. The first kappa shape index (κ1) is 13.5. The van der Waals surface area contributed by atoms with E-state index in [0.29, 0.717) is 16.9 Å². The van der Waals surface area contributed by atoms with Gasteiger partial charge in [0, 0.05) is 15.8 Å². The van der Waals surface area contributed by atoms with E-state index in [0.717, 1.165) is 4.47 Å². The molecule has 0 aliphatic rings. The summed E-state index contributed by atoms with van der Waals surface area (Å²) < 4.78 is 14.7. The van der Waals surface area contributed by atoms with Crippen LogP contribution < -0.4 is 11.1 Å². The van der Waals surface area contributed by atoms with Crippen molar-refractivity contribution in [3.63, 3.8) is 0 Å². The van der Waals surface area contributed by atoms with Gasteiger partial charge in [-0.1, -0.05) is 22.0 Å². The van der Waals surface area contributed by atoms with Gasteiger partial charge < -0.3 is 11.1 Å². The summed E-state index contributed by atoms with van der Waals surface area (Å²) in [6.45, 7) is 1.57. The van der Waals surface area contributed by atoms with Crippen LogP contribution in [-0.2, 0) is 0 Å². The van der Waals surface area contributed by atoms with Gasteiger partial charge in [-0.2, -0.15) is 0 Å². The van der Waals surface area contributed by atoms with E-state index in [1.54, 1.807) is 25.1 Å². The Morgan fingerprint density at radius 1 is 1.32 bits per heavy atom. The molecule has 0 saturated carbocycles. The summed E-state index contributed by atoms with van der Waals surface area (Å²) in [5.41, 5.74) is 6.86. The third-order valence-corrected chi connectivity index (χ3v) is 3.10. The highest BCUT2D eigenvalue weighted by atomic mass is 79.9. The Kier molecular flexibility index (Phi) is 3.85. The number of carbonyl (C=O) groups excluding carboxylic acids is 1. The molecular formula is C14H12BrFN2O. The van der Waals surface area contributed by atoms with Crippen LogP contribution in [0.5, 0.6) is 0 Å². The maximum Gasteiger partial charge on any atom is 0.258 e. The van der Waals surface area contributed by atoms with E-state index in [2.05, 4.69) is 21.2 Å². The highest BCUT2D eigenvalue weighted by Crippen LogP contribution is 2.20. The molecule has 0 aliphatic heterocycles. The molecule has 2 aromatic rings. The monoisotopic (exact) mass is 322 g/mol. The highest BCUT2D eigenvalue weighted by molar-refractivity contribution is 9.10. The van der Waals surface area contributed by atoms with Gasteiger partial charge in [-0.25, -0.2) is 4.39 Å². The largest absolute Gasteiger partial charge is 0.399 e. The average molecular weight is 323 g/mol. The van der Waals surface area contributed by atoms with Crippen LogP contribution in [0.2, 0.25) is 0 Å². The Morgan fingerprint density at radius 3 is 2.74 bits per heavy atom. The van der Waals surface area contributed by atoms with Gasteiger partial charge in [-0.3, -0.25) is 4.79 Å². The molecule has 0 spiro atoms. The fourth-order valence-corrected chi connectivity index (χ4v) is 2.13. The molecule has 2 aromatic carbocycles. The average Bonchev–Trinajstić information content (AvgIpc) is 2.33. The van der Waals surface area contributed by atoms with Crippen molar-refractivity contribution in [1.82, 2.24) is 0 Å². The number of nitrogens with one attached hydrogen (secondary N) is 1. The van der Waals surface area contributed by atoms with Crippen LogP contribution in [0.3, 0.4) is 0 Å². The second-order valence-electron chi connectivity index (χ2n) is 4.16. The highest BCUT2D eigenvalue weighted by Gasteiger charge is 2.14. The molecule has 19 heavy (non-hydrogen) atoms. The maximum absolute atomic E-state index is 13.9. The van der Waals surface area contributed by atoms with Crippen LogP contribution in [0, 0.1) is 12.7 Å². The Balaban J connectivity index is 2.30. The van der Waals surface area contributed by atoms with Crippen LogP contribution in [-0.4, -0.2) is 5.91 Å². The molecule has 0 atom stereocenters. The van der Waals surface area contributed by atoms with Crippen LogP contribution in [0.25, 0.3) is 0 Å². The minimum atomic E-state index is -0.554. The van der Waals surface area contributed by atoms with Crippen molar-refractivity contribution in [2.45, 2.75) is 6.92 Å². The molecule has 0 bridgehead atoms. The first-order valence-corrected chi connectivity index (χ1v) is 6.39. The Bertz CT molecular complexity index is 643. The van der Waals surface area contributed by atoms with Crippen LogP contribution >= 0.6 is 15.9 Å². The second-order valence-corrected chi connectivity index (χ2v) is 5.08. The summed E-state index contributed by atoms with van der Waals surface area (Å²) >= 11 is 3.30. The number of benzene rings is 2. The van der Waals surface area contributed by atoms with Gasteiger partial charge in [0.1, 0.15) is 5.82 Å². The van der Waals surface area contributed by atoms with E-state index in [-0.39, 0.29) is 5.56 Å². The third-order valence-electron chi connectivity index (χ3n) is 2.60. The molecule has 0 fully saturated rings. The number of hydrogen-bond donors (Lipinski definition) is 2. The zero-order chi connectivity index (χ0) is 14.0. The number of hydrogen-bond acceptors (Lipinski definition) is 2. The van der Waals surface area contributed by atoms with Gasteiger partial charge in [0.15, 0.2) is 0 Å². The first-order valence-electron chi connectivity index (χ1n) is 5.60. The van der Waals surface area contributed by atoms with E-state index in [4.69, 9.17) is 5.73 Å². The number of aryl methyl sites for hydroxylation is 1. The minimum Gasteiger partial charge on any atom is -0.399 e. The minimum absolute atomic E-state index is 0.0579. The van der Waals surface area contributed by atoms with Gasteiger partial charge in [0.25, 0.3) is 5.91 Å². The number of nitrogens with two attached hydrogens (primary N) is 1. The van der Waals surface area contributed by atoms with Crippen LogP contribution in [0.1, 0.15) is 15.9 Å². The summed E-state index contributed by atoms with van der Waals surface area (Å²) in [4.78, 5) is 12.0. The molecule has 0 unspecified atom stereocenters. The fraction of sp³-hybridized carbons (Fsp3) is 0.0714. The molecule has 3 N–H and O–H groups in total. The van der Waals surface area contributed by atoms with Crippen molar-refractivity contribution in [3.8, 4) is 0 Å². The van der Waals surface area contributed by atoms with E-state index in [9.17, 15) is 9.18 Å². The Morgan fingerprint density at radius 2 is 2.05 bits per heavy atom. The van der Waals surface area contributed by atoms with Gasteiger partial charge in [-0.05, 0) is 42.8 Å². The summed E-state index contributed by atoms with van der Waals surface area (Å²) in [7, 11) is 0. The van der Waals surface area contributed by atoms with Crippen molar-refractivity contribution in [2.24, 2.45) is 0 Å². The molecular weight excluding hydrogens is 311 g/mol. The smallest absolute Gasteiger partial charge is 0.258 e.